The van der Waals surface area contributed by atoms with Gasteiger partial charge >= 0.3 is 0 Å². The molecular formula is C16H32N2O3S. The van der Waals surface area contributed by atoms with Crippen LogP contribution in [0.1, 0.15) is 33.1 Å². The number of likely N-dealkylation sites (tertiary alicyclic amines) is 1. The summed E-state index contributed by atoms with van der Waals surface area (Å²) in [6.45, 7) is 10.4. The average molecular weight is 333 g/mol. The van der Waals surface area contributed by atoms with Crippen molar-refractivity contribution in [2.45, 2.75) is 45.3 Å². The molecule has 2 aliphatic rings. The Hall–Kier alpha value is -0.170. The van der Waals surface area contributed by atoms with E-state index in [1.807, 2.05) is 0 Å². The zero-order valence-corrected chi connectivity index (χ0v) is 15.1. The largest absolute Gasteiger partial charge is 0.373 e. The fourth-order valence-corrected chi connectivity index (χ4v) is 4.22. The Labute approximate surface area is 135 Å². The smallest absolute Gasteiger partial charge is 0.148 e. The van der Waals surface area contributed by atoms with Crippen LogP contribution in [-0.4, -0.2) is 81.7 Å². The van der Waals surface area contributed by atoms with Crippen molar-refractivity contribution in [2.24, 2.45) is 5.92 Å². The Balaban J connectivity index is 1.63. The Morgan fingerprint density at radius 1 is 1.00 bits per heavy atom. The molecule has 5 nitrogen and oxygen atoms in total. The fourth-order valence-electron chi connectivity index (χ4n) is 3.63. The molecule has 130 valence electrons. The second kappa shape index (κ2) is 8.08. The molecule has 0 saturated carbocycles. The van der Waals surface area contributed by atoms with Crippen LogP contribution in [0.4, 0.5) is 0 Å². The molecule has 2 fully saturated rings. The minimum Gasteiger partial charge on any atom is -0.373 e. The molecular weight excluding hydrogens is 300 g/mol. The first-order valence-corrected chi connectivity index (χ1v) is 10.7. The van der Waals surface area contributed by atoms with Crippen molar-refractivity contribution in [3.8, 4) is 0 Å². The van der Waals surface area contributed by atoms with Gasteiger partial charge in [0.2, 0.25) is 0 Å². The summed E-state index contributed by atoms with van der Waals surface area (Å²) in [6, 6.07) is 0. The predicted molar refractivity (Wildman–Crippen MR) is 89.9 cm³/mol. The van der Waals surface area contributed by atoms with Crippen LogP contribution >= 0.6 is 0 Å². The van der Waals surface area contributed by atoms with Crippen LogP contribution < -0.4 is 0 Å². The maximum atomic E-state index is 11.2. The summed E-state index contributed by atoms with van der Waals surface area (Å²) in [5, 5.41) is 0. The number of hydrogen-bond acceptors (Lipinski definition) is 5. The third-order valence-corrected chi connectivity index (χ3v) is 5.76. The monoisotopic (exact) mass is 332 g/mol. The lowest BCUT2D eigenvalue weighted by Crippen LogP contribution is -2.46. The number of nitrogens with zero attached hydrogens (tertiary/aromatic N) is 2. The zero-order valence-electron chi connectivity index (χ0n) is 14.3. The second-order valence-electron chi connectivity index (χ2n) is 7.22. The summed E-state index contributed by atoms with van der Waals surface area (Å²) in [4.78, 5) is 4.84. The van der Waals surface area contributed by atoms with E-state index in [9.17, 15) is 8.42 Å². The average Bonchev–Trinajstić information content (AvgIpc) is 2.42. The lowest BCUT2D eigenvalue weighted by molar-refractivity contribution is -0.0693. The molecule has 0 bridgehead atoms. The summed E-state index contributed by atoms with van der Waals surface area (Å²) in [6.07, 6.45) is 5.70. The van der Waals surface area contributed by atoms with Gasteiger partial charge in [0.1, 0.15) is 9.84 Å². The van der Waals surface area contributed by atoms with Crippen LogP contribution in [0.5, 0.6) is 0 Å². The molecule has 0 aromatic heterocycles. The summed E-state index contributed by atoms with van der Waals surface area (Å²) < 4.78 is 28.2. The molecule has 2 rings (SSSR count). The van der Waals surface area contributed by atoms with Gasteiger partial charge in [-0.3, -0.25) is 4.90 Å². The quantitative estimate of drug-likeness (QED) is 0.732. The normalized spacial score (nSPS) is 29.8. The van der Waals surface area contributed by atoms with Crippen molar-refractivity contribution in [2.75, 3.05) is 51.3 Å². The Bertz CT molecular complexity index is 423. The van der Waals surface area contributed by atoms with Gasteiger partial charge in [-0.25, -0.2) is 8.42 Å². The van der Waals surface area contributed by atoms with E-state index in [2.05, 4.69) is 23.6 Å². The molecule has 0 amide bonds. The molecule has 0 aromatic rings. The highest BCUT2D eigenvalue weighted by Crippen LogP contribution is 2.21. The number of hydrogen-bond donors (Lipinski definition) is 0. The molecule has 0 N–H and O–H groups in total. The maximum Gasteiger partial charge on any atom is 0.148 e. The van der Waals surface area contributed by atoms with E-state index in [0.717, 1.165) is 32.1 Å². The molecule has 0 aliphatic carbocycles. The fraction of sp³-hybridized carbons (Fsp3) is 1.00. The molecule has 0 unspecified atom stereocenters. The van der Waals surface area contributed by atoms with Gasteiger partial charge in [0.15, 0.2) is 0 Å². The van der Waals surface area contributed by atoms with Crippen molar-refractivity contribution < 1.29 is 13.2 Å². The van der Waals surface area contributed by atoms with Crippen LogP contribution in [0.25, 0.3) is 0 Å². The maximum absolute atomic E-state index is 11.2. The molecule has 0 radical (unpaired) electrons. The van der Waals surface area contributed by atoms with E-state index in [4.69, 9.17) is 4.74 Å². The minimum absolute atomic E-state index is 0.293. The van der Waals surface area contributed by atoms with Gasteiger partial charge in [0.05, 0.1) is 18.0 Å². The number of rotatable bonds is 6. The van der Waals surface area contributed by atoms with Crippen LogP contribution in [-0.2, 0) is 14.6 Å². The first-order valence-electron chi connectivity index (χ1n) is 8.59. The first-order chi connectivity index (χ1) is 10.3. The minimum atomic E-state index is -2.83. The van der Waals surface area contributed by atoms with Gasteiger partial charge in [-0.15, -0.1) is 0 Å². The molecule has 0 spiro atoms. The van der Waals surface area contributed by atoms with E-state index >= 15 is 0 Å². The number of sulfone groups is 1. The third-order valence-electron chi connectivity index (χ3n) is 4.83. The standard InChI is InChI=1S/C16H32N2O3S/c1-14-12-18(13-15(2)21-14)9-6-16-4-7-17(8-5-16)10-11-22(3,19)20/h14-16H,4-13H2,1-3H3/t14-,15-/m1/s1. The Morgan fingerprint density at radius 2 is 1.59 bits per heavy atom. The van der Waals surface area contributed by atoms with Crippen molar-refractivity contribution in [1.29, 1.82) is 0 Å². The lowest BCUT2D eigenvalue weighted by atomic mass is 9.93. The lowest BCUT2D eigenvalue weighted by Gasteiger charge is -2.37. The van der Waals surface area contributed by atoms with Crippen LogP contribution in [0.3, 0.4) is 0 Å². The molecule has 0 aromatic carbocycles. The molecule has 2 aliphatic heterocycles. The molecule has 22 heavy (non-hydrogen) atoms. The molecule has 2 saturated heterocycles. The van der Waals surface area contributed by atoms with Crippen LogP contribution in [0.2, 0.25) is 0 Å². The van der Waals surface area contributed by atoms with Gasteiger partial charge in [-0.05, 0) is 58.7 Å². The Kier molecular flexibility index (Phi) is 6.68. The van der Waals surface area contributed by atoms with Gasteiger partial charge < -0.3 is 9.64 Å². The summed E-state index contributed by atoms with van der Waals surface area (Å²) in [5.74, 6) is 1.09. The summed E-state index contributed by atoms with van der Waals surface area (Å²) in [5.41, 5.74) is 0. The highest BCUT2D eigenvalue weighted by molar-refractivity contribution is 7.90. The van der Waals surface area contributed by atoms with E-state index < -0.39 is 9.84 Å². The molecule has 6 heteroatoms. The van der Waals surface area contributed by atoms with Gasteiger partial charge in [-0.2, -0.15) is 0 Å². The van der Waals surface area contributed by atoms with Crippen molar-refractivity contribution in [1.82, 2.24) is 9.80 Å². The van der Waals surface area contributed by atoms with Gasteiger partial charge in [0.25, 0.3) is 0 Å². The number of morpholine rings is 1. The van der Waals surface area contributed by atoms with Crippen molar-refractivity contribution in [3.05, 3.63) is 0 Å². The van der Waals surface area contributed by atoms with Crippen LogP contribution in [0, 0.1) is 5.92 Å². The van der Waals surface area contributed by atoms with Gasteiger partial charge in [0, 0.05) is 25.9 Å². The summed E-state index contributed by atoms with van der Waals surface area (Å²) in [7, 11) is -2.83. The second-order valence-corrected chi connectivity index (χ2v) is 9.48. The van der Waals surface area contributed by atoms with E-state index in [1.54, 1.807) is 0 Å². The highest BCUT2D eigenvalue weighted by Gasteiger charge is 2.24. The number of piperidine rings is 1. The van der Waals surface area contributed by atoms with Gasteiger partial charge in [-0.1, -0.05) is 0 Å². The SMILES string of the molecule is C[C@@H]1CN(CCC2CCN(CCS(C)(=O)=O)CC2)C[C@@H](C)O1. The summed E-state index contributed by atoms with van der Waals surface area (Å²) >= 11 is 0. The van der Waals surface area contributed by atoms with E-state index in [0.29, 0.717) is 24.5 Å². The van der Waals surface area contributed by atoms with Crippen LogP contribution in [0.15, 0.2) is 0 Å². The zero-order chi connectivity index (χ0) is 16.2. The molecule has 2 atom stereocenters. The van der Waals surface area contributed by atoms with E-state index in [1.165, 1.54) is 32.1 Å². The number of ether oxygens (including phenoxy) is 1. The highest BCUT2D eigenvalue weighted by atomic mass is 32.2. The first kappa shape index (κ1) is 18.2. The third kappa shape index (κ3) is 6.52. The topological polar surface area (TPSA) is 49.9 Å². The van der Waals surface area contributed by atoms with Crippen molar-refractivity contribution >= 4 is 9.84 Å². The predicted octanol–water partition coefficient (Wildman–Crippen LogP) is 1.24. The molecule has 2 heterocycles. The Morgan fingerprint density at radius 3 is 2.14 bits per heavy atom. The van der Waals surface area contributed by atoms with E-state index in [-0.39, 0.29) is 0 Å². The van der Waals surface area contributed by atoms with Crippen molar-refractivity contribution in [3.63, 3.8) is 0 Å².